The molecule has 1 N–H and O–H groups in total. The standard InChI is InChI=1S/C25H27N5O3/c1-16-18(3)28(15-20-8-6-5-7-9-20)23-11-10-21(14-22(16)23)25(31)26-12-13-29-19(4)24(30(32)33)17(2)27-29/h5-11,14H,12-13,15H2,1-4H3,(H,26,31). The van der Waals surface area contributed by atoms with E-state index in [4.69, 9.17) is 0 Å². The average molecular weight is 446 g/mol. The number of aryl methyl sites for hydroxylation is 2. The van der Waals surface area contributed by atoms with Crippen LogP contribution in [-0.4, -0.2) is 31.7 Å². The zero-order valence-electron chi connectivity index (χ0n) is 19.3. The smallest absolute Gasteiger partial charge is 0.312 e. The number of nitro groups is 1. The van der Waals surface area contributed by atoms with E-state index in [-0.39, 0.29) is 11.6 Å². The second-order valence-corrected chi connectivity index (χ2v) is 8.27. The molecule has 0 saturated carbocycles. The number of rotatable bonds is 7. The van der Waals surface area contributed by atoms with Gasteiger partial charge in [0.2, 0.25) is 0 Å². The molecule has 0 fully saturated rings. The van der Waals surface area contributed by atoms with Gasteiger partial charge < -0.3 is 9.88 Å². The lowest BCUT2D eigenvalue weighted by molar-refractivity contribution is -0.386. The molecule has 8 nitrogen and oxygen atoms in total. The van der Waals surface area contributed by atoms with Crippen LogP contribution in [-0.2, 0) is 13.1 Å². The summed E-state index contributed by atoms with van der Waals surface area (Å²) in [6, 6.07) is 16.1. The van der Waals surface area contributed by atoms with Crippen molar-refractivity contribution in [2.45, 2.75) is 40.8 Å². The molecule has 0 bridgehead atoms. The molecule has 0 atom stereocenters. The Kier molecular flexibility index (Phi) is 6.00. The molecule has 0 spiro atoms. The van der Waals surface area contributed by atoms with Crippen LogP contribution in [0.3, 0.4) is 0 Å². The van der Waals surface area contributed by atoms with Crippen molar-refractivity contribution in [3.8, 4) is 0 Å². The highest BCUT2D eigenvalue weighted by Crippen LogP contribution is 2.27. The van der Waals surface area contributed by atoms with E-state index in [1.807, 2.05) is 36.4 Å². The maximum atomic E-state index is 12.8. The van der Waals surface area contributed by atoms with Crippen molar-refractivity contribution in [2.75, 3.05) is 6.54 Å². The number of aromatic nitrogens is 3. The monoisotopic (exact) mass is 445 g/mol. The summed E-state index contributed by atoms with van der Waals surface area (Å²) < 4.78 is 3.84. The molecule has 4 rings (SSSR count). The summed E-state index contributed by atoms with van der Waals surface area (Å²) >= 11 is 0. The van der Waals surface area contributed by atoms with Crippen molar-refractivity contribution in [1.29, 1.82) is 0 Å². The molecule has 1 amide bonds. The maximum Gasteiger partial charge on any atom is 0.312 e. The van der Waals surface area contributed by atoms with E-state index in [0.717, 1.165) is 23.0 Å². The van der Waals surface area contributed by atoms with Gasteiger partial charge in [0.1, 0.15) is 11.4 Å². The van der Waals surface area contributed by atoms with Crippen LogP contribution < -0.4 is 5.32 Å². The minimum atomic E-state index is -0.420. The fourth-order valence-corrected chi connectivity index (χ4v) is 4.31. The first-order valence-electron chi connectivity index (χ1n) is 10.9. The number of fused-ring (bicyclic) bond motifs is 1. The highest BCUT2D eigenvalue weighted by molar-refractivity contribution is 5.99. The van der Waals surface area contributed by atoms with Crippen molar-refractivity contribution < 1.29 is 9.72 Å². The van der Waals surface area contributed by atoms with Gasteiger partial charge in [-0.2, -0.15) is 5.10 Å². The molecule has 2 heterocycles. The van der Waals surface area contributed by atoms with E-state index in [1.54, 1.807) is 18.5 Å². The summed E-state index contributed by atoms with van der Waals surface area (Å²) in [7, 11) is 0. The second-order valence-electron chi connectivity index (χ2n) is 8.27. The van der Waals surface area contributed by atoms with Crippen molar-refractivity contribution >= 4 is 22.5 Å². The predicted octanol–water partition coefficient (Wildman–Crippen LogP) is 4.46. The minimum absolute atomic E-state index is 0.0256. The third-order valence-corrected chi connectivity index (χ3v) is 6.22. The van der Waals surface area contributed by atoms with Gasteiger partial charge in [-0.25, -0.2) is 0 Å². The van der Waals surface area contributed by atoms with Gasteiger partial charge in [0.05, 0.1) is 11.5 Å². The summed E-state index contributed by atoms with van der Waals surface area (Å²) in [6.45, 7) is 8.92. The zero-order chi connectivity index (χ0) is 23.7. The van der Waals surface area contributed by atoms with Crippen LogP contribution >= 0.6 is 0 Å². The van der Waals surface area contributed by atoms with Gasteiger partial charge in [-0.15, -0.1) is 0 Å². The van der Waals surface area contributed by atoms with Crippen LogP contribution in [0.2, 0.25) is 0 Å². The van der Waals surface area contributed by atoms with Gasteiger partial charge in [-0.3, -0.25) is 19.6 Å². The van der Waals surface area contributed by atoms with E-state index >= 15 is 0 Å². The Bertz CT molecular complexity index is 1350. The molecular weight excluding hydrogens is 418 g/mol. The lowest BCUT2D eigenvalue weighted by Crippen LogP contribution is -2.27. The van der Waals surface area contributed by atoms with Crippen LogP contribution in [0.15, 0.2) is 48.5 Å². The topological polar surface area (TPSA) is 95.0 Å². The molecule has 2 aromatic carbocycles. The van der Waals surface area contributed by atoms with Crippen molar-refractivity contribution in [2.24, 2.45) is 0 Å². The molecule has 0 radical (unpaired) electrons. The highest BCUT2D eigenvalue weighted by atomic mass is 16.6. The van der Waals surface area contributed by atoms with Gasteiger partial charge in [-0.05, 0) is 57.0 Å². The Morgan fingerprint density at radius 1 is 1.06 bits per heavy atom. The predicted molar refractivity (Wildman–Crippen MR) is 128 cm³/mol. The maximum absolute atomic E-state index is 12.8. The molecule has 4 aromatic rings. The van der Waals surface area contributed by atoms with E-state index in [9.17, 15) is 14.9 Å². The fraction of sp³-hybridized carbons (Fsp3) is 0.280. The second kappa shape index (κ2) is 8.90. The lowest BCUT2D eigenvalue weighted by atomic mass is 10.1. The summed E-state index contributed by atoms with van der Waals surface area (Å²) in [5, 5.41) is 19.3. The van der Waals surface area contributed by atoms with Gasteiger partial charge in [0.25, 0.3) is 5.91 Å². The molecule has 8 heteroatoms. The molecule has 2 aromatic heterocycles. The lowest BCUT2D eigenvalue weighted by Gasteiger charge is -2.09. The number of nitrogens with one attached hydrogen (secondary N) is 1. The van der Waals surface area contributed by atoms with Crippen LogP contribution in [0, 0.1) is 37.8 Å². The molecule has 0 aliphatic rings. The Hall–Kier alpha value is -3.94. The van der Waals surface area contributed by atoms with Crippen LogP contribution in [0.25, 0.3) is 10.9 Å². The number of amides is 1. The number of carbonyl (C=O) groups excluding carboxylic acids is 1. The molecule has 0 aliphatic carbocycles. The highest BCUT2D eigenvalue weighted by Gasteiger charge is 2.21. The van der Waals surface area contributed by atoms with Crippen LogP contribution in [0.5, 0.6) is 0 Å². The summed E-state index contributed by atoms with van der Waals surface area (Å²) in [4.78, 5) is 23.5. The van der Waals surface area contributed by atoms with Gasteiger partial charge in [-0.1, -0.05) is 30.3 Å². The van der Waals surface area contributed by atoms with E-state index in [0.29, 0.717) is 30.0 Å². The Morgan fingerprint density at radius 3 is 2.45 bits per heavy atom. The quantitative estimate of drug-likeness (QED) is 0.336. The molecular formula is C25H27N5O3. The van der Waals surface area contributed by atoms with Gasteiger partial charge in [0, 0.05) is 35.2 Å². The van der Waals surface area contributed by atoms with Crippen molar-refractivity contribution in [3.63, 3.8) is 0 Å². The fourth-order valence-electron chi connectivity index (χ4n) is 4.31. The normalized spacial score (nSPS) is 11.2. The van der Waals surface area contributed by atoms with Gasteiger partial charge >= 0.3 is 5.69 Å². The Labute approximate surface area is 192 Å². The van der Waals surface area contributed by atoms with Gasteiger partial charge in [0.15, 0.2) is 0 Å². The Balaban J connectivity index is 1.50. The number of hydrogen-bond acceptors (Lipinski definition) is 4. The number of hydrogen-bond donors (Lipinski definition) is 1. The third-order valence-electron chi connectivity index (χ3n) is 6.22. The molecule has 0 saturated heterocycles. The summed E-state index contributed by atoms with van der Waals surface area (Å²) in [5.74, 6) is -0.180. The largest absolute Gasteiger partial charge is 0.350 e. The number of carbonyl (C=O) groups is 1. The van der Waals surface area contributed by atoms with E-state index < -0.39 is 4.92 Å². The molecule has 0 aliphatic heterocycles. The average Bonchev–Trinajstić information content (AvgIpc) is 3.21. The van der Waals surface area contributed by atoms with Crippen LogP contribution in [0.1, 0.15) is 38.6 Å². The molecule has 170 valence electrons. The first-order chi connectivity index (χ1) is 15.8. The van der Waals surface area contributed by atoms with E-state index in [1.165, 1.54) is 11.3 Å². The van der Waals surface area contributed by atoms with E-state index in [2.05, 4.69) is 41.0 Å². The molecule has 0 unspecified atom stereocenters. The number of benzene rings is 2. The van der Waals surface area contributed by atoms with Crippen molar-refractivity contribution in [3.05, 3.63) is 92.4 Å². The minimum Gasteiger partial charge on any atom is -0.350 e. The van der Waals surface area contributed by atoms with Crippen molar-refractivity contribution in [1.82, 2.24) is 19.7 Å². The third kappa shape index (κ3) is 4.24. The molecule has 33 heavy (non-hydrogen) atoms. The van der Waals surface area contributed by atoms with Crippen LogP contribution in [0.4, 0.5) is 5.69 Å². The number of nitrogens with zero attached hydrogens (tertiary/aromatic N) is 4. The first-order valence-corrected chi connectivity index (χ1v) is 10.9. The summed E-state index contributed by atoms with van der Waals surface area (Å²) in [6.07, 6.45) is 0. The SMILES string of the molecule is Cc1nn(CCNC(=O)c2ccc3c(c2)c(C)c(C)n3Cc2ccccc2)c(C)c1[N+](=O)[O-]. The Morgan fingerprint density at radius 2 is 1.79 bits per heavy atom. The summed E-state index contributed by atoms with van der Waals surface area (Å²) in [5.41, 5.74) is 6.13. The first kappa shape index (κ1) is 22.3. The zero-order valence-corrected chi connectivity index (χ0v) is 19.3.